The number of benzene rings is 1. The Morgan fingerprint density at radius 1 is 1.27 bits per heavy atom. The molecule has 1 aromatic carbocycles. The summed E-state index contributed by atoms with van der Waals surface area (Å²) in [5.41, 5.74) is 0.275. The van der Waals surface area contributed by atoms with Crippen LogP contribution in [-0.4, -0.2) is 17.9 Å². The van der Waals surface area contributed by atoms with E-state index in [2.05, 4.69) is 24.5 Å². The smallest absolute Gasteiger partial charge is 0.249 e. The number of rotatable bonds is 2. The summed E-state index contributed by atoms with van der Waals surface area (Å²) in [5.74, 6) is -1.09. The van der Waals surface area contributed by atoms with Crippen molar-refractivity contribution in [3.05, 3.63) is 30.1 Å². The van der Waals surface area contributed by atoms with Crippen molar-refractivity contribution in [3.8, 4) is 0 Å². The predicted octanol–water partition coefficient (Wildman–Crippen LogP) is 3.97. The summed E-state index contributed by atoms with van der Waals surface area (Å²) in [6, 6.07) is 5.57. The Labute approximate surface area is 160 Å². The monoisotopic (exact) mass is 389 g/mol. The minimum absolute atomic E-state index is 0. The number of hydrogen-bond acceptors (Lipinski definition) is 3. The van der Waals surface area contributed by atoms with E-state index in [0.717, 1.165) is 0 Å². The summed E-state index contributed by atoms with van der Waals surface area (Å²) in [6.07, 6.45) is 1.91. The number of para-hydroxylation sites is 1. The molecule has 0 aromatic heterocycles. The number of imide groups is 1. The fourth-order valence-corrected chi connectivity index (χ4v) is 1.60. The molecule has 0 saturated carbocycles. The molecule has 1 aliphatic heterocycles. The van der Waals surface area contributed by atoms with E-state index in [4.69, 9.17) is 0 Å². The number of carbonyl (C=O) groups is 2. The van der Waals surface area contributed by atoms with Gasteiger partial charge in [-0.2, -0.15) is 0 Å². The van der Waals surface area contributed by atoms with Gasteiger partial charge in [0.15, 0.2) is 0 Å². The number of hydrogen-bond donors (Lipinski definition) is 2. The molecule has 1 heterocycles. The summed E-state index contributed by atoms with van der Waals surface area (Å²) < 4.78 is 13.3. The number of carbonyl (C=O) groups excluding carboxylic acids is 2. The van der Waals surface area contributed by atoms with Crippen LogP contribution in [0, 0.1) is 5.82 Å². The van der Waals surface area contributed by atoms with Crippen LogP contribution < -0.4 is 10.6 Å². The summed E-state index contributed by atoms with van der Waals surface area (Å²) in [5, 5.41) is 4.99. The maximum absolute atomic E-state index is 13.3. The number of anilines is 1. The van der Waals surface area contributed by atoms with E-state index in [0.29, 0.717) is 6.42 Å². The van der Waals surface area contributed by atoms with Crippen LogP contribution in [0.1, 0.15) is 49.8 Å². The Bertz CT molecular complexity index is 465. The van der Waals surface area contributed by atoms with Crippen molar-refractivity contribution in [3.63, 3.8) is 0 Å². The van der Waals surface area contributed by atoms with Crippen molar-refractivity contribution < 1.29 is 49.5 Å². The van der Waals surface area contributed by atoms with E-state index >= 15 is 0 Å². The van der Waals surface area contributed by atoms with E-state index in [9.17, 15) is 14.0 Å². The van der Waals surface area contributed by atoms with Crippen molar-refractivity contribution >= 4 is 17.5 Å². The predicted molar refractivity (Wildman–Crippen MR) is 87.7 cm³/mol. The second-order valence-corrected chi connectivity index (χ2v) is 4.33. The zero-order valence-electron chi connectivity index (χ0n) is 13.8. The molecule has 1 saturated heterocycles. The molecule has 1 radical (unpaired) electrons. The number of nitrogens with one attached hydrogen (secondary N) is 2. The normalized spacial score (nSPS) is 16.0. The van der Waals surface area contributed by atoms with Crippen LogP contribution in [0.4, 0.5) is 10.1 Å². The van der Waals surface area contributed by atoms with Gasteiger partial charge in [0.05, 0.1) is 5.69 Å². The van der Waals surface area contributed by atoms with Crippen molar-refractivity contribution in [1.82, 2.24) is 5.32 Å². The summed E-state index contributed by atoms with van der Waals surface area (Å²) in [4.78, 5) is 22.3. The van der Waals surface area contributed by atoms with Gasteiger partial charge in [-0.05, 0) is 18.6 Å². The molecular weight excluding hydrogens is 360 g/mol. The fraction of sp³-hybridized carbons (Fsp3) is 0.500. The van der Waals surface area contributed by atoms with Gasteiger partial charge < -0.3 is 5.32 Å². The average Bonchev–Trinajstić information content (AvgIpc) is 2.47. The van der Waals surface area contributed by atoms with Gasteiger partial charge in [-0.1, -0.05) is 46.2 Å². The topological polar surface area (TPSA) is 58.2 Å². The van der Waals surface area contributed by atoms with E-state index in [1.54, 1.807) is 18.2 Å². The molecule has 125 valence electrons. The van der Waals surface area contributed by atoms with Crippen molar-refractivity contribution in [2.24, 2.45) is 0 Å². The van der Waals surface area contributed by atoms with Crippen LogP contribution in [0.2, 0.25) is 0 Å². The van der Waals surface area contributed by atoms with Crippen LogP contribution >= 0.6 is 0 Å². The van der Waals surface area contributed by atoms with Crippen molar-refractivity contribution in [2.75, 3.05) is 5.32 Å². The minimum Gasteiger partial charge on any atom is -0.371 e. The van der Waals surface area contributed by atoms with Gasteiger partial charge in [0.2, 0.25) is 11.8 Å². The maximum atomic E-state index is 13.3. The molecule has 2 N–H and O–H groups in total. The van der Waals surface area contributed by atoms with Crippen LogP contribution in [-0.2, 0) is 42.3 Å². The Morgan fingerprint density at radius 2 is 1.82 bits per heavy atom. The number of amides is 2. The SMILES string of the molecule is CC.CCC.O=C1CCC(Nc2ccccc2F)C(=O)N1.[HH].[HH].[Y]. The molecule has 1 unspecified atom stereocenters. The number of piperidine rings is 1. The van der Waals surface area contributed by atoms with Crippen molar-refractivity contribution in [1.29, 1.82) is 0 Å². The molecule has 1 aliphatic rings. The van der Waals surface area contributed by atoms with Gasteiger partial charge in [-0.15, -0.1) is 0 Å². The van der Waals surface area contributed by atoms with Crippen LogP contribution in [0.15, 0.2) is 24.3 Å². The molecule has 1 atom stereocenters. The van der Waals surface area contributed by atoms with Crippen LogP contribution in [0.25, 0.3) is 0 Å². The van der Waals surface area contributed by atoms with E-state index < -0.39 is 17.8 Å². The molecule has 0 aliphatic carbocycles. The summed E-state index contributed by atoms with van der Waals surface area (Å²) in [7, 11) is 0. The quantitative estimate of drug-likeness (QED) is 0.753. The molecule has 2 amide bonds. The van der Waals surface area contributed by atoms with E-state index in [1.807, 2.05) is 13.8 Å². The summed E-state index contributed by atoms with van der Waals surface area (Å²) >= 11 is 0. The Hall–Kier alpha value is -0.806. The Kier molecular flexibility index (Phi) is 14.7. The zero-order chi connectivity index (χ0) is 16.3. The van der Waals surface area contributed by atoms with Gasteiger partial charge in [0.25, 0.3) is 0 Å². The standard InChI is InChI=1S/C11H11FN2O2.C3H8.C2H6.Y.2H2/c12-7-3-1-2-4-8(7)13-9-5-6-10(15)14-11(9)16;1-3-2;1-2;;;/h1-4,9,13H,5-6H2,(H,14,15,16);3H2,1-2H3;1-2H3;;2*1H. The minimum atomic E-state index is -0.547. The molecule has 4 nitrogen and oxygen atoms in total. The third-order valence-corrected chi connectivity index (χ3v) is 2.44. The van der Waals surface area contributed by atoms with Crippen molar-refractivity contribution in [2.45, 2.75) is 53.0 Å². The first kappa shape index (κ1) is 23.5. The molecule has 0 spiro atoms. The Morgan fingerprint density at radius 3 is 2.32 bits per heavy atom. The average molecular weight is 389 g/mol. The van der Waals surface area contributed by atoms with Gasteiger partial charge in [0.1, 0.15) is 11.9 Å². The second-order valence-electron chi connectivity index (χ2n) is 4.33. The molecular formula is C16H29FN2O2Y. The second kappa shape index (κ2) is 13.8. The van der Waals surface area contributed by atoms with Gasteiger partial charge in [0, 0.05) is 42.0 Å². The molecule has 1 aromatic rings. The molecule has 1 fully saturated rings. The molecule has 2 rings (SSSR count). The fourth-order valence-electron chi connectivity index (χ4n) is 1.60. The summed E-state index contributed by atoms with van der Waals surface area (Å²) in [6.45, 7) is 8.25. The van der Waals surface area contributed by atoms with Gasteiger partial charge >= 0.3 is 0 Å². The molecule has 0 bridgehead atoms. The maximum Gasteiger partial charge on any atom is 0.249 e. The van der Waals surface area contributed by atoms with E-state index in [-0.39, 0.29) is 53.6 Å². The largest absolute Gasteiger partial charge is 0.371 e. The Balaban J connectivity index is -0.000000227. The zero-order valence-corrected chi connectivity index (χ0v) is 16.6. The van der Waals surface area contributed by atoms with Gasteiger partial charge in [-0.3, -0.25) is 14.9 Å². The first-order valence-corrected chi connectivity index (χ1v) is 7.43. The third kappa shape index (κ3) is 8.59. The third-order valence-electron chi connectivity index (χ3n) is 2.44. The van der Waals surface area contributed by atoms with Crippen LogP contribution in [0.3, 0.4) is 0 Å². The first-order valence-electron chi connectivity index (χ1n) is 7.43. The molecule has 22 heavy (non-hydrogen) atoms. The van der Waals surface area contributed by atoms with Crippen LogP contribution in [0.5, 0.6) is 0 Å². The van der Waals surface area contributed by atoms with Gasteiger partial charge in [-0.25, -0.2) is 4.39 Å². The first-order chi connectivity index (χ1) is 10.1. The number of halogens is 1. The van der Waals surface area contributed by atoms with E-state index in [1.165, 1.54) is 12.5 Å². The molecule has 6 heteroatoms.